The maximum Gasteiger partial charge on any atom is 0.259 e. The van der Waals surface area contributed by atoms with Gasteiger partial charge >= 0.3 is 0 Å². The number of hydrogen-bond donors (Lipinski definition) is 3. The van der Waals surface area contributed by atoms with Crippen LogP contribution in [0.4, 0.5) is 0 Å². The maximum absolute atomic E-state index is 12.1. The summed E-state index contributed by atoms with van der Waals surface area (Å²) in [5, 5.41) is 16.3. The number of aromatic hydroxyl groups is 1. The largest absolute Gasteiger partial charge is 0.504 e. The first-order valence-electron chi connectivity index (χ1n) is 8.24. The fourth-order valence-electron chi connectivity index (χ4n) is 2.22. The zero-order valence-electron chi connectivity index (χ0n) is 15.1. The smallest absolute Gasteiger partial charge is 0.259 e. The van der Waals surface area contributed by atoms with E-state index in [-0.39, 0.29) is 12.3 Å². The number of phenols is 1. The molecule has 142 valence electrons. The molecule has 0 aliphatic carbocycles. The Labute approximate surface area is 156 Å². The quantitative estimate of drug-likeness (QED) is 0.483. The molecule has 8 nitrogen and oxygen atoms in total. The fourth-order valence-corrected chi connectivity index (χ4v) is 2.22. The second-order valence-electron chi connectivity index (χ2n) is 5.30. The Kier molecular flexibility index (Phi) is 7.18. The van der Waals surface area contributed by atoms with E-state index < -0.39 is 11.8 Å². The molecular weight excluding hydrogens is 350 g/mol. The lowest BCUT2D eigenvalue weighted by molar-refractivity contribution is -0.120. The molecule has 0 bridgehead atoms. The highest BCUT2D eigenvalue weighted by Crippen LogP contribution is 2.28. The van der Waals surface area contributed by atoms with Crippen molar-refractivity contribution >= 4 is 18.0 Å². The number of amides is 2. The number of phenolic OH excluding ortho intramolecular Hbond substituents is 1. The number of benzene rings is 2. The van der Waals surface area contributed by atoms with E-state index in [0.29, 0.717) is 29.2 Å². The van der Waals surface area contributed by atoms with E-state index in [0.717, 1.165) is 0 Å². The van der Waals surface area contributed by atoms with Crippen molar-refractivity contribution in [3.05, 3.63) is 53.6 Å². The highest BCUT2D eigenvalue weighted by molar-refractivity contribution is 5.98. The number of nitrogens with one attached hydrogen (secondary N) is 2. The fraction of sp³-hybridized carbons (Fsp3) is 0.211. The van der Waals surface area contributed by atoms with Crippen molar-refractivity contribution in [1.29, 1.82) is 0 Å². The number of methoxy groups -OCH3 is 1. The molecule has 8 heteroatoms. The molecule has 2 aromatic carbocycles. The summed E-state index contributed by atoms with van der Waals surface area (Å²) in [6.07, 6.45) is 1.29. The van der Waals surface area contributed by atoms with E-state index in [9.17, 15) is 14.7 Å². The van der Waals surface area contributed by atoms with Crippen LogP contribution in [0.1, 0.15) is 22.8 Å². The minimum atomic E-state index is -0.519. The highest BCUT2D eigenvalue weighted by Gasteiger charge is 2.12. The van der Waals surface area contributed by atoms with Crippen LogP contribution in [0.2, 0.25) is 0 Å². The molecule has 0 radical (unpaired) electrons. The normalized spacial score (nSPS) is 10.4. The summed E-state index contributed by atoms with van der Waals surface area (Å²) in [4.78, 5) is 23.9. The first-order valence-corrected chi connectivity index (χ1v) is 8.24. The van der Waals surface area contributed by atoms with E-state index in [2.05, 4.69) is 15.8 Å². The van der Waals surface area contributed by atoms with Gasteiger partial charge in [-0.05, 0) is 31.2 Å². The third kappa shape index (κ3) is 5.46. The topological polar surface area (TPSA) is 109 Å². The number of rotatable bonds is 8. The molecule has 2 aromatic rings. The third-order valence-electron chi connectivity index (χ3n) is 3.48. The monoisotopic (exact) mass is 371 g/mol. The highest BCUT2D eigenvalue weighted by atomic mass is 16.5. The van der Waals surface area contributed by atoms with Crippen LogP contribution in [-0.2, 0) is 4.79 Å². The standard InChI is InChI=1S/C19H21N3O5/c1-3-27-16-10-6-7-13(18(16)24)11-21-22-17(23)12-20-19(25)14-8-4-5-9-15(14)26-2/h4-11,24H,3,12H2,1-2H3,(H,20,25)(H,22,23)/b21-11+. The molecule has 0 aromatic heterocycles. The Hall–Kier alpha value is -3.55. The van der Waals surface area contributed by atoms with Gasteiger partial charge in [-0.2, -0.15) is 5.10 Å². The Morgan fingerprint density at radius 2 is 1.89 bits per heavy atom. The van der Waals surface area contributed by atoms with Gasteiger partial charge in [-0.3, -0.25) is 9.59 Å². The van der Waals surface area contributed by atoms with Gasteiger partial charge in [-0.1, -0.05) is 18.2 Å². The van der Waals surface area contributed by atoms with Crippen LogP contribution in [0.25, 0.3) is 0 Å². The predicted molar refractivity (Wildman–Crippen MR) is 100 cm³/mol. The van der Waals surface area contributed by atoms with Crippen molar-refractivity contribution in [1.82, 2.24) is 10.7 Å². The molecular formula is C19H21N3O5. The van der Waals surface area contributed by atoms with Gasteiger partial charge < -0.3 is 19.9 Å². The van der Waals surface area contributed by atoms with Gasteiger partial charge in [-0.15, -0.1) is 0 Å². The number of hydrogen-bond acceptors (Lipinski definition) is 6. The predicted octanol–water partition coefficient (Wildman–Crippen LogP) is 1.68. The van der Waals surface area contributed by atoms with Gasteiger partial charge in [0.2, 0.25) is 0 Å². The van der Waals surface area contributed by atoms with E-state index >= 15 is 0 Å². The SMILES string of the molecule is CCOc1cccc(/C=N/NC(=O)CNC(=O)c2ccccc2OC)c1O. The molecule has 0 atom stereocenters. The average Bonchev–Trinajstić information content (AvgIpc) is 2.69. The summed E-state index contributed by atoms with van der Waals surface area (Å²) in [7, 11) is 1.46. The molecule has 0 spiro atoms. The molecule has 0 saturated heterocycles. The second kappa shape index (κ2) is 9.81. The Morgan fingerprint density at radius 3 is 2.63 bits per heavy atom. The summed E-state index contributed by atoms with van der Waals surface area (Å²) in [5.41, 5.74) is 2.99. The lowest BCUT2D eigenvalue weighted by Crippen LogP contribution is -2.35. The molecule has 27 heavy (non-hydrogen) atoms. The molecule has 0 heterocycles. The first-order chi connectivity index (χ1) is 13.1. The Morgan fingerprint density at radius 1 is 1.15 bits per heavy atom. The molecule has 0 saturated carbocycles. The number of nitrogens with zero attached hydrogens (tertiary/aromatic N) is 1. The average molecular weight is 371 g/mol. The molecule has 0 unspecified atom stereocenters. The van der Waals surface area contributed by atoms with Crippen LogP contribution in [0, 0.1) is 0 Å². The van der Waals surface area contributed by atoms with E-state index in [1.165, 1.54) is 13.3 Å². The second-order valence-corrected chi connectivity index (χ2v) is 5.30. The Balaban J connectivity index is 1.88. The summed E-state index contributed by atoms with van der Waals surface area (Å²) in [6, 6.07) is 11.6. The number of carbonyl (C=O) groups excluding carboxylic acids is 2. The van der Waals surface area contributed by atoms with E-state index in [1.54, 1.807) is 49.4 Å². The van der Waals surface area contributed by atoms with Crippen molar-refractivity contribution in [2.24, 2.45) is 5.10 Å². The van der Waals surface area contributed by atoms with Crippen LogP contribution in [0.3, 0.4) is 0 Å². The van der Waals surface area contributed by atoms with Crippen LogP contribution >= 0.6 is 0 Å². The number of hydrazone groups is 1. The maximum atomic E-state index is 12.1. The molecule has 2 rings (SSSR count). The molecule has 0 fully saturated rings. The molecule has 0 aliphatic rings. The first kappa shape index (κ1) is 19.8. The lowest BCUT2D eigenvalue weighted by atomic mass is 10.2. The van der Waals surface area contributed by atoms with Crippen molar-refractivity contribution < 1.29 is 24.2 Å². The van der Waals surface area contributed by atoms with Crippen molar-refractivity contribution in [3.63, 3.8) is 0 Å². The van der Waals surface area contributed by atoms with E-state index in [4.69, 9.17) is 9.47 Å². The Bertz CT molecular complexity index is 836. The van der Waals surface area contributed by atoms with Gasteiger partial charge in [0, 0.05) is 5.56 Å². The van der Waals surface area contributed by atoms with Crippen LogP contribution in [0.5, 0.6) is 17.2 Å². The minimum Gasteiger partial charge on any atom is -0.504 e. The summed E-state index contributed by atoms with van der Waals surface area (Å²) >= 11 is 0. The van der Waals surface area contributed by atoms with Crippen LogP contribution in [-0.4, -0.2) is 43.4 Å². The summed E-state index contributed by atoms with van der Waals surface area (Å²) < 4.78 is 10.4. The number of carbonyl (C=O) groups is 2. The van der Waals surface area contributed by atoms with Gasteiger partial charge in [0.1, 0.15) is 5.75 Å². The van der Waals surface area contributed by atoms with Crippen molar-refractivity contribution in [3.8, 4) is 17.2 Å². The van der Waals surface area contributed by atoms with Gasteiger partial charge in [0.15, 0.2) is 11.5 Å². The number of para-hydroxylation sites is 2. The lowest BCUT2D eigenvalue weighted by Gasteiger charge is -2.08. The number of ether oxygens (including phenoxy) is 2. The van der Waals surface area contributed by atoms with Crippen LogP contribution in [0.15, 0.2) is 47.6 Å². The molecule has 3 N–H and O–H groups in total. The molecule has 2 amide bonds. The van der Waals surface area contributed by atoms with Gasteiger partial charge in [0.25, 0.3) is 11.8 Å². The van der Waals surface area contributed by atoms with Gasteiger partial charge in [-0.25, -0.2) is 5.43 Å². The summed E-state index contributed by atoms with van der Waals surface area (Å²) in [5.74, 6) is -0.277. The van der Waals surface area contributed by atoms with Gasteiger partial charge in [0.05, 0.1) is 32.0 Å². The zero-order chi connectivity index (χ0) is 19.6. The van der Waals surface area contributed by atoms with E-state index in [1.807, 2.05) is 0 Å². The van der Waals surface area contributed by atoms with Crippen LogP contribution < -0.4 is 20.2 Å². The molecule has 0 aliphatic heterocycles. The van der Waals surface area contributed by atoms with Crippen molar-refractivity contribution in [2.45, 2.75) is 6.92 Å². The minimum absolute atomic E-state index is 0.0678. The van der Waals surface area contributed by atoms with Crippen molar-refractivity contribution in [2.75, 3.05) is 20.3 Å². The summed E-state index contributed by atoms with van der Waals surface area (Å²) in [6.45, 7) is 1.95. The zero-order valence-corrected chi connectivity index (χ0v) is 15.1. The third-order valence-corrected chi connectivity index (χ3v) is 3.48.